The predicted molar refractivity (Wildman–Crippen MR) is 70.0 cm³/mol. The van der Waals surface area contributed by atoms with E-state index in [4.69, 9.17) is 0 Å². The third-order valence-corrected chi connectivity index (χ3v) is 2.68. The zero-order valence-electron chi connectivity index (χ0n) is 8.89. The first-order chi connectivity index (χ1) is 7.75. The minimum absolute atomic E-state index is 0.712. The Morgan fingerprint density at radius 1 is 1.19 bits per heavy atom. The Labute approximate surface area is 103 Å². The van der Waals surface area contributed by atoms with Crippen LogP contribution in [0.3, 0.4) is 0 Å². The topological polar surface area (TPSA) is 25.8 Å². The first-order valence-electron chi connectivity index (χ1n) is 4.98. The van der Waals surface area contributed by atoms with E-state index in [9.17, 15) is 0 Å². The zero-order valence-corrected chi connectivity index (χ0v) is 10.5. The molecule has 0 N–H and O–H groups in total. The summed E-state index contributed by atoms with van der Waals surface area (Å²) in [5, 5.41) is 0. The highest BCUT2D eigenvalue weighted by Crippen LogP contribution is 2.20. The van der Waals surface area contributed by atoms with Gasteiger partial charge in [0, 0.05) is 11.9 Å². The molecule has 0 spiro atoms. The maximum atomic E-state index is 4.34. The van der Waals surface area contributed by atoms with E-state index < -0.39 is 0 Å². The van der Waals surface area contributed by atoms with Gasteiger partial charge in [0.1, 0.15) is 0 Å². The van der Waals surface area contributed by atoms with Gasteiger partial charge in [0.25, 0.3) is 0 Å². The largest absolute Gasteiger partial charge is 0.236 e. The van der Waals surface area contributed by atoms with E-state index in [-0.39, 0.29) is 0 Å². The normalized spacial score (nSPS) is 11.5. The van der Waals surface area contributed by atoms with Gasteiger partial charge in [-0.05, 0) is 40.6 Å². The lowest BCUT2D eigenvalue weighted by molar-refractivity contribution is 1.07. The van der Waals surface area contributed by atoms with Crippen LogP contribution in [-0.2, 0) is 0 Å². The van der Waals surface area contributed by atoms with Gasteiger partial charge >= 0.3 is 0 Å². The van der Waals surface area contributed by atoms with Crippen molar-refractivity contribution in [3.8, 4) is 0 Å². The van der Waals surface area contributed by atoms with Crippen molar-refractivity contribution in [2.75, 3.05) is 0 Å². The van der Waals surface area contributed by atoms with Crippen LogP contribution in [0.1, 0.15) is 17.1 Å². The molecule has 1 aromatic carbocycles. The summed E-state index contributed by atoms with van der Waals surface area (Å²) < 4.78 is 0.891. The fourth-order valence-electron chi connectivity index (χ4n) is 1.32. The standard InChI is InChI=1S/C13H11BrN2/c1-10-7-8-15-13(16-10)12(14)9-11-5-3-2-4-6-11/h2-9H,1H3/b12-9-. The van der Waals surface area contributed by atoms with Crippen molar-refractivity contribution in [1.82, 2.24) is 9.97 Å². The molecular formula is C13H11BrN2. The minimum Gasteiger partial charge on any atom is -0.236 e. The summed E-state index contributed by atoms with van der Waals surface area (Å²) >= 11 is 3.49. The zero-order chi connectivity index (χ0) is 11.4. The molecule has 2 rings (SSSR count). The highest BCUT2D eigenvalue weighted by molar-refractivity contribution is 9.15. The van der Waals surface area contributed by atoms with Gasteiger partial charge in [-0.15, -0.1) is 0 Å². The summed E-state index contributed by atoms with van der Waals surface area (Å²) in [5.41, 5.74) is 2.09. The molecule has 2 aromatic rings. The Kier molecular flexibility index (Phi) is 3.47. The van der Waals surface area contributed by atoms with Crippen molar-refractivity contribution >= 4 is 26.5 Å². The summed E-state index contributed by atoms with van der Waals surface area (Å²) in [4.78, 5) is 8.55. The summed E-state index contributed by atoms with van der Waals surface area (Å²) in [5.74, 6) is 0.712. The molecule has 1 heterocycles. The lowest BCUT2D eigenvalue weighted by Crippen LogP contribution is -1.91. The minimum atomic E-state index is 0.712. The Bertz CT molecular complexity index is 506. The molecule has 0 fully saturated rings. The molecule has 0 unspecified atom stereocenters. The summed E-state index contributed by atoms with van der Waals surface area (Å²) in [6, 6.07) is 12.0. The number of hydrogen-bond acceptors (Lipinski definition) is 2. The third-order valence-electron chi connectivity index (χ3n) is 2.10. The van der Waals surface area contributed by atoms with E-state index in [1.165, 1.54) is 0 Å². The van der Waals surface area contributed by atoms with Crippen LogP contribution < -0.4 is 0 Å². The van der Waals surface area contributed by atoms with E-state index in [2.05, 4.69) is 25.9 Å². The van der Waals surface area contributed by atoms with Gasteiger partial charge < -0.3 is 0 Å². The van der Waals surface area contributed by atoms with Gasteiger partial charge in [0.05, 0.1) is 4.48 Å². The fourth-order valence-corrected chi connectivity index (χ4v) is 1.78. The van der Waals surface area contributed by atoms with Gasteiger partial charge in [-0.3, -0.25) is 0 Å². The Hall–Kier alpha value is -1.48. The average Bonchev–Trinajstić information content (AvgIpc) is 2.30. The first-order valence-corrected chi connectivity index (χ1v) is 5.77. The Morgan fingerprint density at radius 2 is 1.94 bits per heavy atom. The molecule has 0 amide bonds. The molecular weight excluding hydrogens is 264 g/mol. The van der Waals surface area contributed by atoms with Crippen molar-refractivity contribution in [2.24, 2.45) is 0 Å². The van der Waals surface area contributed by atoms with E-state index in [1.54, 1.807) is 6.20 Å². The van der Waals surface area contributed by atoms with Gasteiger partial charge in [0.2, 0.25) is 0 Å². The van der Waals surface area contributed by atoms with Crippen molar-refractivity contribution in [3.05, 3.63) is 59.7 Å². The van der Waals surface area contributed by atoms with E-state index in [1.807, 2.05) is 49.4 Å². The highest BCUT2D eigenvalue weighted by atomic mass is 79.9. The van der Waals surface area contributed by atoms with Crippen LogP contribution in [-0.4, -0.2) is 9.97 Å². The number of aryl methyl sites for hydroxylation is 1. The van der Waals surface area contributed by atoms with Crippen molar-refractivity contribution in [3.63, 3.8) is 0 Å². The number of aromatic nitrogens is 2. The quantitative estimate of drug-likeness (QED) is 0.835. The molecule has 3 heteroatoms. The van der Waals surface area contributed by atoms with E-state index in [0.29, 0.717) is 5.82 Å². The van der Waals surface area contributed by atoms with Crippen molar-refractivity contribution in [2.45, 2.75) is 6.92 Å². The molecule has 0 bridgehead atoms. The maximum absolute atomic E-state index is 4.34. The lowest BCUT2D eigenvalue weighted by Gasteiger charge is -1.99. The molecule has 0 aliphatic carbocycles. The van der Waals surface area contributed by atoms with E-state index >= 15 is 0 Å². The number of benzene rings is 1. The van der Waals surface area contributed by atoms with E-state index in [0.717, 1.165) is 15.7 Å². The molecule has 0 saturated carbocycles. The van der Waals surface area contributed by atoms with Crippen LogP contribution in [0.25, 0.3) is 10.6 Å². The molecule has 16 heavy (non-hydrogen) atoms. The van der Waals surface area contributed by atoms with Crippen LogP contribution in [0, 0.1) is 6.92 Å². The summed E-state index contributed by atoms with van der Waals surface area (Å²) in [6.07, 6.45) is 3.77. The number of nitrogens with zero attached hydrogens (tertiary/aromatic N) is 2. The number of halogens is 1. The van der Waals surface area contributed by atoms with Gasteiger partial charge in [-0.2, -0.15) is 0 Å². The van der Waals surface area contributed by atoms with Crippen molar-refractivity contribution in [1.29, 1.82) is 0 Å². The Morgan fingerprint density at radius 3 is 2.62 bits per heavy atom. The number of hydrogen-bond donors (Lipinski definition) is 0. The predicted octanol–water partition coefficient (Wildman–Crippen LogP) is 3.68. The smallest absolute Gasteiger partial charge is 0.166 e. The second kappa shape index (κ2) is 5.03. The van der Waals surface area contributed by atoms with Gasteiger partial charge in [-0.25, -0.2) is 9.97 Å². The third kappa shape index (κ3) is 2.76. The molecule has 0 saturated heterocycles. The van der Waals surface area contributed by atoms with Gasteiger partial charge in [-0.1, -0.05) is 30.3 Å². The molecule has 1 aromatic heterocycles. The second-order valence-corrected chi connectivity index (χ2v) is 4.28. The fraction of sp³-hybridized carbons (Fsp3) is 0.0769. The molecule has 0 aliphatic heterocycles. The molecule has 0 aliphatic rings. The summed E-state index contributed by atoms with van der Waals surface area (Å²) in [6.45, 7) is 1.95. The summed E-state index contributed by atoms with van der Waals surface area (Å²) in [7, 11) is 0. The van der Waals surface area contributed by atoms with Crippen LogP contribution in [0.2, 0.25) is 0 Å². The Balaban J connectivity index is 2.32. The average molecular weight is 275 g/mol. The second-order valence-electron chi connectivity index (χ2n) is 3.42. The van der Waals surface area contributed by atoms with Crippen molar-refractivity contribution < 1.29 is 0 Å². The van der Waals surface area contributed by atoms with Crippen LogP contribution in [0.4, 0.5) is 0 Å². The molecule has 0 radical (unpaired) electrons. The van der Waals surface area contributed by atoms with Crippen LogP contribution in [0.15, 0.2) is 42.6 Å². The lowest BCUT2D eigenvalue weighted by atomic mass is 10.2. The SMILES string of the molecule is Cc1ccnc(/C(Br)=C/c2ccccc2)n1. The molecule has 80 valence electrons. The molecule has 2 nitrogen and oxygen atoms in total. The monoisotopic (exact) mass is 274 g/mol. The maximum Gasteiger partial charge on any atom is 0.166 e. The number of rotatable bonds is 2. The van der Waals surface area contributed by atoms with Gasteiger partial charge in [0.15, 0.2) is 5.82 Å². The van der Waals surface area contributed by atoms with Crippen LogP contribution in [0.5, 0.6) is 0 Å². The highest BCUT2D eigenvalue weighted by Gasteiger charge is 2.00. The van der Waals surface area contributed by atoms with Crippen LogP contribution >= 0.6 is 15.9 Å². The molecule has 0 atom stereocenters. The first kappa shape index (κ1) is 11.0.